The lowest BCUT2D eigenvalue weighted by Crippen LogP contribution is -2.64. The molecule has 1 unspecified atom stereocenters. The van der Waals surface area contributed by atoms with Crippen molar-refractivity contribution in [3.05, 3.63) is 83.4 Å². The van der Waals surface area contributed by atoms with Gasteiger partial charge in [0.2, 0.25) is 11.8 Å². The predicted octanol–water partition coefficient (Wildman–Crippen LogP) is 3.00. The summed E-state index contributed by atoms with van der Waals surface area (Å²) in [4.78, 5) is 35.5. The minimum absolute atomic E-state index is 0.0990. The highest BCUT2D eigenvalue weighted by Gasteiger charge is 2.50. The molecular formula is C28H34N4O4. The molecule has 2 heterocycles. The minimum atomic E-state index is -0.694. The summed E-state index contributed by atoms with van der Waals surface area (Å²) in [6.45, 7) is 5.42. The van der Waals surface area contributed by atoms with E-state index >= 15 is 0 Å². The van der Waals surface area contributed by atoms with Gasteiger partial charge in [-0.15, -0.1) is 0 Å². The summed E-state index contributed by atoms with van der Waals surface area (Å²) in [5.74, 6) is -1.20. The first-order valence-electron chi connectivity index (χ1n) is 12.2. The summed E-state index contributed by atoms with van der Waals surface area (Å²) in [6, 6.07) is 15.7. The Kier molecular flexibility index (Phi) is 7.74. The number of carbonyl (C=O) groups excluding carboxylic acids is 2. The van der Waals surface area contributed by atoms with Crippen molar-refractivity contribution in [2.75, 3.05) is 26.8 Å². The van der Waals surface area contributed by atoms with Gasteiger partial charge in [0.25, 0.3) is 0 Å². The average molecular weight is 491 g/mol. The molecule has 2 aromatic carbocycles. The SMILES string of the molecule is CCOC1(c2ccccc2C)CN(C(=O)[C@@H](Cc2ccc(OC)cc2)C(Cc2cnc[nH]2)C(N)=O)C1. The Morgan fingerprint density at radius 2 is 1.83 bits per heavy atom. The highest BCUT2D eigenvalue weighted by Crippen LogP contribution is 2.39. The summed E-state index contributed by atoms with van der Waals surface area (Å²) in [5.41, 5.74) is 9.23. The Morgan fingerprint density at radius 1 is 1.11 bits per heavy atom. The Balaban J connectivity index is 1.61. The first kappa shape index (κ1) is 25.4. The zero-order chi connectivity index (χ0) is 25.7. The molecule has 1 saturated heterocycles. The number of carbonyl (C=O) groups is 2. The monoisotopic (exact) mass is 490 g/mol. The lowest BCUT2D eigenvalue weighted by atomic mass is 9.78. The second-order valence-electron chi connectivity index (χ2n) is 9.39. The van der Waals surface area contributed by atoms with E-state index in [1.165, 1.54) is 0 Å². The van der Waals surface area contributed by atoms with Gasteiger partial charge in [-0.25, -0.2) is 4.98 Å². The van der Waals surface area contributed by atoms with Gasteiger partial charge in [-0.1, -0.05) is 36.4 Å². The summed E-state index contributed by atoms with van der Waals surface area (Å²) in [7, 11) is 1.61. The number of amides is 2. The molecule has 1 fully saturated rings. The Morgan fingerprint density at radius 3 is 2.42 bits per heavy atom. The molecule has 190 valence electrons. The van der Waals surface area contributed by atoms with Crippen LogP contribution in [-0.2, 0) is 32.8 Å². The maximum absolute atomic E-state index is 13.9. The number of nitrogens with zero attached hydrogens (tertiary/aromatic N) is 2. The molecule has 0 bridgehead atoms. The maximum Gasteiger partial charge on any atom is 0.227 e. The fourth-order valence-electron chi connectivity index (χ4n) is 5.15. The molecule has 1 aromatic heterocycles. The van der Waals surface area contributed by atoms with E-state index < -0.39 is 23.3 Å². The first-order valence-corrected chi connectivity index (χ1v) is 12.2. The second-order valence-corrected chi connectivity index (χ2v) is 9.39. The van der Waals surface area contributed by atoms with Crippen LogP contribution in [0.5, 0.6) is 5.75 Å². The zero-order valence-electron chi connectivity index (χ0n) is 21.1. The Hall–Kier alpha value is -3.65. The van der Waals surface area contributed by atoms with Crippen molar-refractivity contribution in [3.8, 4) is 5.75 Å². The van der Waals surface area contributed by atoms with Crippen LogP contribution in [0.15, 0.2) is 61.1 Å². The van der Waals surface area contributed by atoms with Gasteiger partial charge in [0.05, 0.1) is 38.4 Å². The number of imidazole rings is 1. The van der Waals surface area contributed by atoms with Crippen molar-refractivity contribution in [2.45, 2.75) is 32.3 Å². The number of likely N-dealkylation sites (tertiary alicyclic amines) is 1. The molecule has 3 N–H and O–H groups in total. The van der Waals surface area contributed by atoms with Crippen LogP contribution in [0, 0.1) is 18.8 Å². The van der Waals surface area contributed by atoms with Crippen LogP contribution < -0.4 is 10.5 Å². The standard InChI is InChI=1S/C28H34N4O4/c1-4-36-28(25-8-6-5-7-19(25)2)16-32(17-28)27(34)24(13-20-9-11-22(35-3)12-10-20)23(26(29)33)14-21-15-30-18-31-21/h5-12,15,18,23-24H,4,13-14,16-17H2,1-3H3,(H2,29,33)(H,30,31)/t23?,24-/m0/s1. The number of H-pyrrole nitrogens is 1. The van der Waals surface area contributed by atoms with Crippen molar-refractivity contribution in [3.63, 3.8) is 0 Å². The van der Waals surface area contributed by atoms with Crippen LogP contribution in [-0.4, -0.2) is 53.5 Å². The smallest absolute Gasteiger partial charge is 0.227 e. The number of primary amides is 1. The second kappa shape index (κ2) is 11.0. The van der Waals surface area contributed by atoms with Crippen LogP contribution in [0.2, 0.25) is 0 Å². The van der Waals surface area contributed by atoms with Gasteiger partial charge in [-0.05, 0) is 49.1 Å². The van der Waals surface area contributed by atoms with E-state index in [4.69, 9.17) is 15.2 Å². The van der Waals surface area contributed by atoms with E-state index in [1.54, 1.807) is 24.5 Å². The van der Waals surface area contributed by atoms with E-state index in [1.807, 2.05) is 43.3 Å². The van der Waals surface area contributed by atoms with E-state index in [2.05, 4.69) is 29.0 Å². The zero-order valence-corrected chi connectivity index (χ0v) is 21.1. The van der Waals surface area contributed by atoms with Gasteiger partial charge in [-0.2, -0.15) is 0 Å². The van der Waals surface area contributed by atoms with Crippen LogP contribution in [0.4, 0.5) is 0 Å². The lowest BCUT2D eigenvalue weighted by molar-refractivity contribution is -0.177. The Bertz CT molecular complexity index is 1170. The fourth-order valence-corrected chi connectivity index (χ4v) is 5.15. The molecule has 0 spiro atoms. The molecule has 0 saturated carbocycles. The van der Waals surface area contributed by atoms with Crippen molar-refractivity contribution in [1.82, 2.24) is 14.9 Å². The van der Waals surface area contributed by atoms with E-state index in [9.17, 15) is 9.59 Å². The number of aryl methyl sites for hydroxylation is 1. The van der Waals surface area contributed by atoms with Crippen LogP contribution in [0.3, 0.4) is 0 Å². The highest BCUT2D eigenvalue weighted by atomic mass is 16.5. The topological polar surface area (TPSA) is 111 Å². The molecule has 36 heavy (non-hydrogen) atoms. The fraction of sp³-hybridized carbons (Fsp3) is 0.393. The summed E-state index contributed by atoms with van der Waals surface area (Å²) in [5, 5.41) is 0. The maximum atomic E-state index is 13.9. The number of rotatable bonds is 11. The normalized spacial score (nSPS) is 16.1. The molecule has 0 aliphatic carbocycles. The van der Waals surface area contributed by atoms with Crippen LogP contribution in [0.1, 0.15) is 29.3 Å². The minimum Gasteiger partial charge on any atom is -0.497 e. The van der Waals surface area contributed by atoms with Gasteiger partial charge >= 0.3 is 0 Å². The molecule has 8 nitrogen and oxygen atoms in total. The van der Waals surface area contributed by atoms with Gasteiger partial charge in [0.1, 0.15) is 11.4 Å². The molecule has 3 aromatic rings. The predicted molar refractivity (Wildman–Crippen MR) is 136 cm³/mol. The summed E-state index contributed by atoms with van der Waals surface area (Å²) >= 11 is 0. The highest BCUT2D eigenvalue weighted by molar-refractivity contribution is 5.88. The number of nitrogens with two attached hydrogens (primary N) is 1. The van der Waals surface area contributed by atoms with Gasteiger partial charge in [0.15, 0.2) is 0 Å². The third-order valence-corrected chi connectivity index (χ3v) is 7.04. The van der Waals surface area contributed by atoms with Crippen molar-refractivity contribution in [2.24, 2.45) is 17.6 Å². The number of nitrogens with one attached hydrogen (secondary N) is 1. The van der Waals surface area contributed by atoms with E-state index in [0.29, 0.717) is 32.5 Å². The first-order chi connectivity index (χ1) is 17.4. The van der Waals surface area contributed by atoms with Gasteiger partial charge in [0, 0.05) is 24.9 Å². The van der Waals surface area contributed by atoms with Crippen LogP contribution in [0.25, 0.3) is 0 Å². The van der Waals surface area contributed by atoms with Crippen LogP contribution >= 0.6 is 0 Å². The quantitative estimate of drug-likeness (QED) is 0.429. The summed E-state index contributed by atoms with van der Waals surface area (Å²) in [6.07, 6.45) is 3.91. The van der Waals surface area contributed by atoms with Crippen molar-refractivity contribution >= 4 is 11.8 Å². The number of methoxy groups -OCH3 is 1. The number of ether oxygens (including phenoxy) is 2. The molecular weight excluding hydrogens is 456 g/mol. The molecule has 1 aliphatic rings. The van der Waals surface area contributed by atoms with Crippen molar-refractivity contribution in [1.29, 1.82) is 0 Å². The lowest BCUT2D eigenvalue weighted by Gasteiger charge is -2.51. The molecule has 1 aliphatic heterocycles. The largest absolute Gasteiger partial charge is 0.497 e. The molecule has 0 radical (unpaired) electrons. The number of benzene rings is 2. The number of hydrogen-bond donors (Lipinski definition) is 2. The third kappa shape index (κ3) is 5.28. The number of hydrogen-bond acceptors (Lipinski definition) is 5. The molecule has 2 atom stereocenters. The molecule has 2 amide bonds. The molecule has 8 heteroatoms. The van der Waals surface area contributed by atoms with Gasteiger partial charge < -0.3 is 25.1 Å². The van der Waals surface area contributed by atoms with Crippen molar-refractivity contribution < 1.29 is 19.1 Å². The third-order valence-electron chi connectivity index (χ3n) is 7.04. The molecule has 4 rings (SSSR count). The summed E-state index contributed by atoms with van der Waals surface area (Å²) < 4.78 is 11.5. The van der Waals surface area contributed by atoms with E-state index in [0.717, 1.165) is 28.1 Å². The van der Waals surface area contributed by atoms with E-state index in [-0.39, 0.29) is 5.91 Å². The average Bonchev–Trinajstić information content (AvgIpc) is 3.37. The Labute approximate surface area is 211 Å². The number of aromatic nitrogens is 2. The van der Waals surface area contributed by atoms with Gasteiger partial charge in [-0.3, -0.25) is 9.59 Å². The number of aromatic amines is 1.